The minimum Gasteiger partial charge on any atom is -0.437 e. The minimum absolute atomic E-state index is 0.227. The van der Waals surface area contributed by atoms with E-state index in [0.29, 0.717) is 32.6 Å². The number of aryl methyl sites for hydroxylation is 2. The van der Waals surface area contributed by atoms with Crippen molar-refractivity contribution in [2.45, 2.75) is 150 Å². The topological polar surface area (TPSA) is 171 Å². The second kappa shape index (κ2) is 31.5. The van der Waals surface area contributed by atoms with Gasteiger partial charge in [0.1, 0.15) is 34.5 Å². The first-order valence-electron chi connectivity index (χ1n) is 35.0. The molecule has 0 aliphatic heterocycles. The number of hydrogen-bond donors (Lipinski definition) is 0. The fourth-order valence-electron chi connectivity index (χ4n) is 13.9. The Hall–Kier alpha value is -7.93. The molecule has 24 heteroatoms. The first kappa shape index (κ1) is 81.1. The Labute approximate surface area is 629 Å². The van der Waals surface area contributed by atoms with Gasteiger partial charge in [-0.05, 0) is 229 Å². The molecule has 8 aromatic carbocycles. The maximum atomic E-state index is 14.4. The van der Waals surface area contributed by atoms with Gasteiger partial charge in [-0.15, -0.1) is 11.5 Å². The van der Waals surface area contributed by atoms with Gasteiger partial charge in [0.2, 0.25) is 0 Å². The molecule has 2 unspecified atom stereocenters. The first-order valence-corrected chi connectivity index (χ1v) is 58.3. The van der Waals surface area contributed by atoms with Crippen molar-refractivity contribution in [2.75, 3.05) is 7.11 Å². The Bertz CT molecular complexity index is 4610. The van der Waals surface area contributed by atoms with E-state index in [-0.39, 0.29) is 34.5 Å². The Morgan fingerprint density at radius 2 is 0.705 bits per heavy atom. The lowest BCUT2D eigenvalue weighted by atomic mass is 9.67. The number of para-hydroxylation sites is 2. The summed E-state index contributed by atoms with van der Waals surface area (Å²) in [7, 11) is -19.9. The van der Waals surface area contributed by atoms with Crippen LogP contribution >= 0.6 is 0 Å². The van der Waals surface area contributed by atoms with Gasteiger partial charge in [-0.2, -0.15) is 0 Å². The van der Waals surface area contributed by atoms with Crippen LogP contribution in [0.15, 0.2) is 207 Å². The molecule has 16 nitrogen and oxygen atoms in total. The molecule has 105 heavy (non-hydrogen) atoms. The molecule has 0 amide bonds. The molecule has 0 N–H and O–H groups in total. The molecule has 0 radical (unpaired) electrons. The van der Waals surface area contributed by atoms with Crippen molar-refractivity contribution >= 4 is 96.6 Å². The lowest BCUT2D eigenvalue weighted by Crippen LogP contribution is -2.58. The highest BCUT2D eigenvalue weighted by atomic mass is 28.5. The van der Waals surface area contributed by atoms with E-state index in [0.717, 1.165) is 44.5 Å². The molecule has 552 valence electrons. The predicted octanol–water partition coefficient (Wildman–Crippen LogP) is 21.6. The van der Waals surface area contributed by atoms with E-state index < -0.39 is 97.1 Å². The molecular formula is C81H100O16Si8. The van der Waals surface area contributed by atoms with Crippen LogP contribution in [0.2, 0.25) is 111 Å². The molecule has 0 bridgehead atoms. The highest BCUT2D eigenvalue weighted by Gasteiger charge is 2.52. The Balaban J connectivity index is 0.921. The molecule has 1 aliphatic carbocycles. The molecule has 0 fully saturated rings. The van der Waals surface area contributed by atoms with E-state index in [2.05, 4.69) is 122 Å². The summed E-state index contributed by atoms with van der Waals surface area (Å²) >= 11 is 0. The van der Waals surface area contributed by atoms with Crippen LogP contribution in [0.5, 0.6) is 34.5 Å². The van der Waals surface area contributed by atoms with Crippen molar-refractivity contribution in [1.29, 1.82) is 0 Å². The van der Waals surface area contributed by atoms with Crippen LogP contribution in [0.3, 0.4) is 0 Å². The molecule has 0 saturated heterocycles. The maximum Gasteiger partial charge on any atom is 0.519 e. The van der Waals surface area contributed by atoms with Crippen LogP contribution < -0.4 is 28.4 Å². The van der Waals surface area contributed by atoms with E-state index >= 15 is 0 Å². The van der Waals surface area contributed by atoms with Crippen LogP contribution in [-0.2, 0) is 39.9 Å². The number of hydrogen-bond acceptors (Lipinski definition) is 16. The van der Waals surface area contributed by atoms with E-state index in [1.54, 1.807) is 55.6 Å². The van der Waals surface area contributed by atoms with Crippen molar-refractivity contribution in [3.63, 3.8) is 0 Å². The Kier molecular flexibility index (Phi) is 24.3. The molecular weight excluding hydrogens is 1450 g/mol. The van der Waals surface area contributed by atoms with Crippen LogP contribution in [0.1, 0.15) is 69.5 Å². The lowest BCUT2D eigenvalue weighted by molar-refractivity contribution is 0.150. The summed E-state index contributed by atoms with van der Waals surface area (Å²) < 4.78 is 83.2. The van der Waals surface area contributed by atoms with E-state index in [1.165, 1.54) is 0 Å². The van der Waals surface area contributed by atoms with Gasteiger partial charge in [-0.3, -0.25) is 0 Å². The summed E-state index contributed by atoms with van der Waals surface area (Å²) in [6.45, 7) is 51.0. The number of ether oxygens (including phenoxy) is 6. The summed E-state index contributed by atoms with van der Waals surface area (Å²) in [5, 5.41) is 1.16. The maximum absolute atomic E-state index is 14.4. The van der Waals surface area contributed by atoms with Gasteiger partial charge in [0.05, 0.1) is 5.41 Å². The van der Waals surface area contributed by atoms with Gasteiger partial charge in [-0.25, -0.2) is 14.4 Å². The number of carbonyl (C=O) groups is 3. The second-order valence-electron chi connectivity index (χ2n) is 31.2. The number of rotatable bonds is 27. The summed E-state index contributed by atoms with van der Waals surface area (Å²) in [6.07, 6.45) is -2.84. The fourth-order valence-corrected chi connectivity index (χ4v) is 47.5. The molecule has 1 aliphatic rings. The van der Waals surface area contributed by atoms with Crippen molar-refractivity contribution in [3.05, 3.63) is 262 Å². The van der Waals surface area contributed by atoms with Gasteiger partial charge in [0.15, 0.2) is 25.0 Å². The van der Waals surface area contributed by atoms with Crippen LogP contribution in [0.4, 0.5) is 14.4 Å². The average molecular weight is 1550 g/mol. The monoisotopic (exact) mass is 1550 g/mol. The van der Waals surface area contributed by atoms with Crippen LogP contribution in [-0.4, -0.2) is 93.3 Å². The number of fused-ring (bicyclic) bond motifs is 3. The van der Waals surface area contributed by atoms with Crippen molar-refractivity contribution in [3.8, 4) is 45.6 Å². The van der Waals surface area contributed by atoms with Crippen molar-refractivity contribution < 1.29 is 71.9 Å². The third-order valence-corrected chi connectivity index (χ3v) is 44.6. The van der Waals surface area contributed by atoms with Gasteiger partial charge >= 0.3 is 61.3 Å². The summed E-state index contributed by atoms with van der Waals surface area (Å²) in [5.74, 6) is 1.55. The highest BCUT2D eigenvalue weighted by molar-refractivity contribution is 6.98. The summed E-state index contributed by atoms with van der Waals surface area (Å²) in [5.41, 5.74) is 14.5. The largest absolute Gasteiger partial charge is 0.519 e. The second-order valence-corrected chi connectivity index (χ2v) is 62.3. The zero-order valence-electron chi connectivity index (χ0n) is 64.8. The summed E-state index contributed by atoms with van der Waals surface area (Å²) in [6, 6.07) is 56.9. The SMILES string of the molecule is C=C=C(c1ccccc1OC(=O)Oc1cc(C2(c3ccc(C)c(OC(=O)Oc4ccc(C(C)(C)c5ccc(OC(=O)Oc6ccccc6C(=C=C)[Si](C)(O[Si](C)(C)C)O[Si](C)(C)O[Si](C)(C)OC)cc5)cc4)c3)c3ccccc3-c3ccccc32)ccc1C)[Si](C)(O[Si](C)(C)C)O[Si](C)(C)O[Si](C)(C)C. The lowest BCUT2D eigenvalue weighted by Gasteiger charge is -2.42. The van der Waals surface area contributed by atoms with Gasteiger partial charge in [-0.1, -0.05) is 160 Å². The predicted molar refractivity (Wildman–Crippen MR) is 435 cm³/mol. The summed E-state index contributed by atoms with van der Waals surface area (Å²) in [4.78, 5) is 42.2. The van der Waals surface area contributed by atoms with Gasteiger partial charge in [0, 0.05) is 34.0 Å². The van der Waals surface area contributed by atoms with Gasteiger partial charge in [0.25, 0.3) is 0 Å². The molecule has 2 atom stereocenters. The highest BCUT2D eigenvalue weighted by Crippen LogP contribution is 2.57. The molecule has 0 heterocycles. The molecule has 0 aromatic heterocycles. The van der Waals surface area contributed by atoms with E-state index in [1.807, 2.05) is 175 Å². The quantitative estimate of drug-likeness (QED) is 0.0206. The fraction of sp³-hybridized carbons (Fsp3) is 0.296. The third kappa shape index (κ3) is 19.4. The standard InChI is InChI=1S/C81H100O16Si8/c1-25-75(104(23,93-99(11,12)13)96-102(19,20)92-98(8,9)10)68-38-30-34-42-72(68)89-79(84)91-74-56-62(46-44-58(74)4)81(69-39-31-27-35-65(69)66-36-28-32-40-70(66)81)61-45-43-57(3)73(55-61)90-78(83)87-64-53-49-60(50-54-64)80(5,6)59-47-51-63(52-48-59)86-77(82)88-71-41-33-29-37-67(71)76(26-2)105(24,94-100(14,15)16)97-103(21,22)95-101(17,18)85-7/h27-56H,1-2H2,3-24H3. The molecule has 9 rings (SSSR count). The van der Waals surface area contributed by atoms with Gasteiger partial charge < -0.3 is 57.5 Å². The first-order chi connectivity index (χ1) is 48.9. The Morgan fingerprint density at radius 3 is 1.07 bits per heavy atom. The number of carbonyl (C=O) groups excluding carboxylic acids is 3. The van der Waals surface area contributed by atoms with E-state index in [4.69, 9.17) is 57.5 Å². The zero-order valence-corrected chi connectivity index (χ0v) is 72.8. The minimum atomic E-state index is -3.38. The molecule has 0 spiro atoms. The normalized spacial score (nSPS) is 14.2. The van der Waals surface area contributed by atoms with Crippen LogP contribution in [0, 0.1) is 13.8 Å². The number of benzene rings is 8. The molecule has 0 saturated carbocycles. The van der Waals surface area contributed by atoms with Crippen LogP contribution in [0.25, 0.3) is 21.5 Å². The smallest absolute Gasteiger partial charge is 0.437 e. The average Bonchev–Trinajstić information content (AvgIpc) is 1.55. The van der Waals surface area contributed by atoms with Crippen molar-refractivity contribution in [1.82, 2.24) is 0 Å². The van der Waals surface area contributed by atoms with E-state index in [9.17, 15) is 14.4 Å². The molecule has 8 aromatic rings. The zero-order chi connectivity index (χ0) is 77.1. The Morgan fingerprint density at radius 1 is 0.371 bits per heavy atom. The third-order valence-electron chi connectivity index (χ3n) is 17.5. The van der Waals surface area contributed by atoms with Crippen molar-refractivity contribution in [2.24, 2.45) is 0 Å².